The Balaban J connectivity index is 1.46. The third-order valence-corrected chi connectivity index (χ3v) is 4.68. The fourth-order valence-corrected chi connectivity index (χ4v) is 3.33. The normalized spacial score (nSPS) is 14.5. The van der Waals surface area contributed by atoms with Gasteiger partial charge in [0, 0.05) is 49.7 Å². The van der Waals surface area contributed by atoms with Crippen LogP contribution in [0.3, 0.4) is 0 Å². The predicted molar refractivity (Wildman–Crippen MR) is 107 cm³/mol. The van der Waals surface area contributed by atoms with Crippen LogP contribution in [0.5, 0.6) is 0 Å². The average Bonchev–Trinajstić information content (AvgIpc) is 3.06. The Kier molecular flexibility index (Phi) is 4.66. The Morgan fingerprint density at radius 3 is 2.41 bits per heavy atom. The maximum Gasteiger partial charge on any atom is 0.230 e. The standard InChI is InChI=1S/C20H24N6O/c1-14-5-4-6-17(11-14)25-7-9-26(10-8-25)19-12-15(2)21-20(23-19)22-18-13-16(3)27-24-18/h4-6,11-13H,7-10H2,1-3H3,(H,21,22,23,24). The van der Waals surface area contributed by atoms with Gasteiger partial charge in [0.05, 0.1) is 0 Å². The fraction of sp³-hybridized carbons (Fsp3) is 0.350. The molecule has 27 heavy (non-hydrogen) atoms. The number of nitrogens with one attached hydrogen (secondary N) is 1. The number of rotatable bonds is 4. The quantitative estimate of drug-likeness (QED) is 0.760. The summed E-state index contributed by atoms with van der Waals surface area (Å²) in [6, 6.07) is 12.5. The number of hydrogen-bond acceptors (Lipinski definition) is 7. The number of anilines is 4. The largest absolute Gasteiger partial charge is 0.368 e. The maximum absolute atomic E-state index is 5.09. The molecular formula is C20H24N6O. The maximum atomic E-state index is 5.09. The van der Waals surface area contributed by atoms with Gasteiger partial charge in [0.2, 0.25) is 5.95 Å². The summed E-state index contributed by atoms with van der Waals surface area (Å²) >= 11 is 0. The van der Waals surface area contributed by atoms with Crippen LogP contribution >= 0.6 is 0 Å². The molecule has 0 amide bonds. The summed E-state index contributed by atoms with van der Waals surface area (Å²) in [5.41, 5.74) is 3.50. The van der Waals surface area contributed by atoms with Gasteiger partial charge in [0.15, 0.2) is 5.82 Å². The fourth-order valence-electron chi connectivity index (χ4n) is 3.33. The molecule has 0 unspecified atom stereocenters. The van der Waals surface area contributed by atoms with E-state index < -0.39 is 0 Å². The molecular weight excluding hydrogens is 340 g/mol. The molecule has 1 saturated heterocycles. The summed E-state index contributed by atoms with van der Waals surface area (Å²) < 4.78 is 5.09. The van der Waals surface area contributed by atoms with Crippen LogP contribution in [0, 0.1) is 20.8 Å². The average molecular weight is 364 g/mol. The van der Waals surface area contributed by atoms with Crippen molar-refractivity contribution in [1.82, 2.24) is 15.1 Å². The Labute approximate surface area is 159 Å². The minimum atomic E-state index is 0.541. The zero-order valence-electron chi connectivity index (χ0n) is 15.9. The van der Waals surface area contributed by atoms with Gasteiger partial charge in [-0.15, -0.1) is 0 Å². The summed E-state index contributed by atoms with van der Waals surface area (Å²) in [7, 11) is 0. The summed E-state index contributed by atoms with van der Waals surface area (Å²) in [6.07, 6.45) is 0. The van der Waals surface area contributed by atoms with Crippen molar-refractivity contribution in [3.8, 4) is 0 Å². The lowest BCUT2D eigenvalue weighted by molar-refractivity contribution is 0.400. The van der Waals surface area contributed by atoms with Gasteiger partial charge in [0.1, 0.15) is 11.6 Å². The molecule has 0 radical (unpaired) electrons. The van der Waals surface area contributed by atoms with Gasteiger partial charge in [-0.2, -0.15) is 4.98 Å². The Bertz CT molecular complexity index is 930. The lowest BCUT2D eigenvalue weighted by Gasteiger charge is -2.37. The van der Waals surface area contributed by atoms with Crippen LogP contribution in [0.2, 0.25) is 0 Å². The Hall–Kier alpha value is -3.09. The van der Waals surface area contributed by atoms with Crippen LogP contribution in [0.25, 0.3) is 0 Å². The first-order valence-electron chi connectivity index (χ1n) is 9.19. The molecule has 4 rings (SSSR count). The third-order valence-electron chi connectivity index (χ3n) is 4.68. The molecule has 3 heterocycles. The molecule has 7 heteroatoms. The molecule has 1 N–H and O–H groups in total. The van der Waals surface area contributed by atoms with E-state index in [1.54, 1.807) is 0 Å². The number of aromatic nitrogens is 3. The van der Waals surface area contributed by atoms with Crippen LogP contribution in [0.15, 0.2) is 40.9 Å². The van der Waals surface area contributed by atoms with Crippen molar-refractivity contribution in [3.63, 3.8) is 0 Å². The van der Waals surface area contributed by atoms with Gasteiger partial charge in [0.25, 0.3) is 0 Å². The summed E-state index contributed by atoms with van der Waals surface area (Å²) in [6.45, 7) is 9.76. The molecule has 0 aliphatic carbocycles. The first kappa shape index (κ1) is 17.3. The molecule has 0 atom stereocenters. The van der Waals surface area contributed by atoms with E-state index >= 15 is 0 Å². The Morgan fingerprint density at radius 2 is 1.70 bits per heavy atom. The molecule has 0 spiro atoms. The SMILES string of the molecule is Cc1cccc(N2CCN(c3cc(C)nc(Nc4cc(C)on4)n3)CC2)c1. The van der Waals surface area contributed by atoms with E-state index in [4.69, 9.17) is 4.52 Å². The van der Waals surface area contributed by atoms with Crippen LogP contribution in [-0.2, 0) is 0 Å². The molecule has 140 valence electrons. The number of piperazine rings is 1. The number of hydrogen-bond donors (Lipinski definition) is 1. The summed E-state index contributed by atoms with van der Waals surface area (Å²) in [4.78, 5) is 13.9. The second-order valence-corrected chi connectivity index (χ2v) is 6.95. The summed E-state index contributed by atoms with van der Waals surface area (Å²) in [5, 5.41) is 7.07. The highest BCUT2D eigenvalue weighted by Crippen LogP contribution is 2.22. The van der Waals surface area contributed by atoms with Crippen molar-refractivity contribution >= 4 is 23.3 Å². The highest BCUT2D eigenvalue weighted by atomic mass is 16.5. The van der Waals surface area contributed by atoms with Crippen molar-refractivity contribution in [2.24, 2.45) is 0 Å². The number of benzene rings is 1. The molecule has 1 aliphatic heterocycles. The zero-order chi connectivity index (χ0) is 18.8. The van der Waals surface area contributed by atoms with E-state index in [1.807, 2.05) is 26.0 Å². The van der Waals surface area contributed by atoms with Gasteiger partial charge >= 0.3 is 0 Å². The van der Waals surface area contributed by atoms with E-state index in [0.29, 0.717) is 11.8 Å². The molecule has 7 nitrogen and oxygen atoms in total. The van der Waals surface area contributed by atoms with Gasteiger partial charge in [-0.05, 0) is 38.5 Å². The molecule has 2 aromatic heterocycles. The topological polar surface area (TPSA) is 70.3 Å². The number of aryl methyl sites for hydroxylation is 3. The van der Waals surface area contributed by atoms with Crippen molar-refractivity contribution in [2.75, 3.05) is 41.3 Å². The molecule has 1 fully saturated rings. The predicted octanol–water partition coefficient (Wildman–Crippen LogP) is 3.46. The van der Waals surface area contributed by atoms with E-state index in [2.05, 4.69) is 61.4 Å². The lowest BCUT2D eigenvalue weighted by atomic mass is 10.2. The van der Waals surface area contributed by atoms with E-state index in [9.17, 15) is 0 Å². The molecule has 1 aromatic carbocycles. The van der Waals surface area contributed by atoms with E-state index in [0.717, 1.165) is 43.5 Å². The van der Waals surface area contributed by atoms with Crippen LogP contribution in [0.1, 0.15) is 17.0 Å². The second kappa shape index (κ2) is 7.26. The van der Waals surface area contributed by atoms with Crippen LogP contribution < -0.4 is 15.1 Å². The second-order valence-electron chi connectivity index (χ2n) is 6.95. The minimum Gasteiger partial charge on any atom is -0.368 e. The van der Waals surface area contributed by atoms with Gasteiger partial charge < -0.3 is 19.6 Å². The van der Waals surface area contributed by atoms with Crippen LogP contribution in [0.4, 0.5) is 23.3 Å². The Morgan fingerprint density at radius 1 is 0.926 bits per heavy atom. The molecule has 3 aromatic rings. The van der Waals surface area contributed by atoms with Crippen molar-refractivity contribution in [2.45, 2.75) is 20.8 Å². The monoisotopic (exact) mass is 364 g/mol. The van der Waals surface area contributed by atoms with E-state index in [1.165, 1.54) is 11.3 Å². The first-order valence-corrected chi connectivity index (χ1v) is 9.19. The van der Waals surface area contributed by atoms with Gasteiger partial charge in [-0.25, -0.2) is 4.98 Å². The zero-order valence-corrected chi connectivity index (χ0v) is 15.9. The summed E-state index contributed by atoms with van der Waals surface area (Å²) in [5.74, 6) is 2.85. The third kappa shape index (κ3) is 4.02. The van der Waals surface area contributed by atoms with Gasteiger partial charge in [-0.1, -0.05) is 17.3 Å². The molecule has 0 bridgehead atoms. The van der Waals surface area contributed by atoms with Crippen LogP contribution in [-0.4, -0.2) is 41.3 Å². The van der Waals surface area contributed by atoms with Crippen molar-refractivity contribution in [1.29, 1.82) is 0 Å². The minimum absolute atomic E-state index is 0.541. The van der Waals surface area contributed by atoms with Gasteiger partial charge in [-0.3, -0.25) is 0 Å². The highest BCUT2D eigenvalue weighted by Gasteiger charge is 2.19. The smallest absolute Gasteiger partial charge is 0.230 e. The van der Waals surface area contributed by atoms with E-state index in [-0.39, 0.29) is 0 Å². The number of nitrogens with zero attached hydrogens (tertiary/aromatic N) is 5. The van der Waals surface area contributed by atoms with Crippen molar-refractivity contribution in [3.05, 3.63) is 53.4 Å². The molecule has 0 saturated carbocycles. The van der Waals surface area contributed by atoms with Crippen molar-refractivity contribution < 1.29 is 4.52 Å². The lowest BCUT2D eigenvalue weighted by Crippen LogP contribution is -2.47. The molecule has 1 aliphatic rings. The highest BCUT2D eigenvalue weighted by molar-refractivity contribution is 5.54. The first-order chi connectivity index (χ1) is 13.1.